The lowest BCUT2D eigenvalue weighted by Crippen LogP contribution is -2.47. The topological polar surface area (TPSA) is 70.2 Å². The number of likely N-dealkylation sites (tertiary alicyclic amines) is 1. The van der Waals surface area contributed by atoms with E-state index in [1.807, 2.05) is 11.8 Å². The molecule has 2 aliphatic heterocycles. The van der Waals surface area contributed by atoms with E-state index >= 15 is 0 Å². The second-order valence-corrected chi connectivity index (χ2v) is 8.54. The van der Waals surface area contributed by atoms with E-state index in [2.05, 4.69) is 0 Å². The Morgan fingerprint density at radius 3 is 2.36 bits per heavy atom. The van der Waals surface area contributed by atoms with Gasteiger partial charge in [0.1, 0.15) is 5.75 Å². The minimum Gasteiger partial charge on any atom is -0.497 e. The van der Waals surface area contributed by atoms with Gasteiger partial charge in [-0.3, -0.25) is 0 Å². The predicted octanol–water partition coefficient (Wildman–Crippen LogP) is 1.95. The van der Waals surface area contributed by atoms with Crippen molar-refractivity contribution in [1.29, 1.82) is 0 Å². The highest BCUT2D eigenvalue weighted by Gasteiger charge is 2.39. The Labute approximate surface area is 149 Å². The van der Waals surface area contributed by atoms with E-state index < -0.39 is 10.0 Å². The molecule has 0 radical (unpaired) electrons. The molecule has 0 aliphatic carbocycles. The van der Waals surface area contributed by atoms with Crippen LogP contribution in [0.5, 0.6) is 5.75 Å². The summed E-state index contributed by atoms with van der Waals surface area (Å²) in [5.74, 6) is 0.607. The predicted molar refractivity (Wildman–Crippen MR) is 93.9 cm³/mol. The number of rotatable bonds is 3. The van der Waals surface area contributed by atoms with Gasteiger partial charge in [-0.25, -0.2) is 13.2 Å². The first-order valence-electron chi connectivity index (χ1n) is 8.63. The zero-order chi connectivity index (χ0) is 18.0. The summed E-state index contributed by atoms with van der Waals surface area (Å²) in [5, 5.41) is 0. The van der Waals surface area contributed by atoms with E-state index in [1.54, 1.807) is 17.0 Å². The molecule has 1 aromatic carbocycles. The lowest BCUT2D eigenvalue weighted by Gasteiger charge is -2.32. The summed E-state index contributed by atoms with van der Waals surface area (Å²) < 4.78 is 32.2. The molecule has 1 atom stereocenters. The second-order valence-electron chi connectivity index (χ2n) is 6.61. The van der Waals surface area contributed by atoms with Gasteiger partial charge in [0.25, 0.3) is 0 Å². The summed E-state index contributed by atoms with van der Waals surface area (Å²) in [6, 6.07) is 6.13. The molecule has 2 saturated heterocycles. The largest absolute Gasteiger partial charge is 0.497 e. The van der Waals surface area contributed by atoms with E-state index in [-0.39, 0.29) is 23.6 Å². The van der Waals surface area contributed by atoms with E-state index in [9.17, 15) is 13.2 Å². The zero-order valence-corrected chi connectivity index (χ0v) is 15.5. The Balaban J connectivity index is 1.74. The molecule has 25 heavy (non-hydrogen) atoms. The van der Waals surface area contributed by atoms with Crippen LogP contribution in [0.3, 0.4) is 0 Å². The molecule has 2 fully saturated rings. The zero-order valence-electron chi connectivity index (χ0n) is 14.7. The smallest absolute Gasteiger partial charge is 0.321 e. The number of methoxy groups -OCH3 is 1. The molecule has 0 aromatic heterocycles. The number of sulfonamides is 1. The molecule has 1 unspecified atom stereocenters. The Kier molecular flexibility index (Phi) is 5.19. The van der Waals surface area contributed by atoms with Gasteiger partial charge in [0.05, 0.1) is 18.7 Å². The minimum absolute atomic E-state index is 0.0559. The monoisotopic (exact) mass is 367 g/mol. The first-order valence-corrected chi connectivity index (χ1v) is 10.1. The van der Waals surface area contributed by atoms with Gasteiger partial charge in [0.2, 0.25) is 10.0 Å². The Hall–Kier alpha value is -1.80. The summed E-state index contributed by atoms with van der Waals surface area (Å²) in [6.45, 7) is 3.82. The van der Waals surface area contributed by atoms with Crippen LogP contribution in [0, 0.1) is 0 Å². The number of nitrogens with zero attached hydrogens (tertiary/aromatic N) is 3. The normalized spacial score (nSPS) is 22.2. The highest BCUT2D eigenvalue weighted by Crippen LogP contribution is 2.25. The first-order chi connectivity index (χ1) is 11.9. The van der Waals surface area contributed by atoms with Crippen LogP contribution in [0.1, 0.15) is 26.2 Å². The van der Waals surface area contributed by atoms with E-state index in [0.29, 0.717) is 12.3 Å². The summed E-state index contributed by atoms with van der Waals surface area (Å²) in [6.07, 6.45) is 3.18. The molecule has 2 amide bonds. The van der Waals surface area contributed by atoms with Crippen LogP contribution < -0.4 is 4.74 Å². The highest BCUT2D eigenvalue weighted by molar-refractivity contribution is 7.89. The van der Waals surface area contributed by atoms with Crippen molar-refractivity contribution in [3.05, 3.63) is 24.3 Å². The molecular formula is C17H25N3O4S. The maximum atomic E-state index is 12.9. The SMILES string of the molecule is COc1ccc(S(=O)(=O)N2CC(C)N(C(=O)N3CCCCC3)C2)cc1. The number of carbonyl (C=O) groups is 1. The van der Waals surface area contributed by atoms with Crippen molar-refractivity contribution in [2.75, 3.05) is 33.4 Å². The van der Waals surface area contributed by atoms with Crippen molar-refractivity contribution in [3.63, 3.8) is 0 Å². The van der Waals surface area contributed by atoms with E-state index in [1.165, 1.54) is 23.5 Å². The standard InChI is InChI=1S/C17H25N3O4S/c1-14-12-19(13-20(14)17(21)18-10-4-3-5-11-18)25(22,23)16-8-6-15(24-2)7-9-16/h6-9,14H,3-5,10-13H2,1-2H3. The fraction of sp³-hybridized carbons (Fsp3) is 0.588. The molecule has 1 aromatic rings. The summed E-state index contributed by atoms with van der Waals surface area (Å²) >= 11 is 0. The van der Waals surface area contributed by atoms with Crippen LogP contribution in [0.4, 0.5) is 4.79 Å². The van der Waals surface area contributed by atoms with Crippen LogP contribution in [0.2, 0.25) is 0 Å². The van der Waals surface area contributed by atoms with Crippen molar-refractivity contribution >= 4 is 16.1 Å². The molecule has 2 heterocycles. The molecule has 2 aliphatic rings. The van der Waals surface area contributed by atoms with Gasteiger partial charge in [0.15, 0.2) is 0 Å². The van der Waals surface area contributed by atoms with Crippen LogP contribution >= 0.6 is 0 Å². The van der Waals surface area contributed by atoms with Gasteiger partial charge >= 0.3 is 6.03 Å². The molecule has 0 N–H and O–H groups in total. The average molecular weight is 367 g/mol. The number of carbonyl (C=O) groups excluding carboxylic acids is 1. The third kappa shape index (κ3) is 3.59. The number of benzene rings is 1. The quantitative estimate of drug-likeness (QED) is 0.819. The average Bonchev–Trinajstić information content (AvgIpc) is 3.04. The lowest BCUT2D eigenvalue weighted by molar-refractivity contribution is 0.140. The number of hydrogen-bond donors (Lipinski definition) is 0. The number of hydrogen-bond acceptors (Lipinski definition) is 4. The number of urea groups is 1. The fourth-order valence-electron chi connectivity index (χ4n) is 3.35. The summed E-state index contributed by atoms with van der Waals surface area (Å²) in [4.78, 5) is 16.4. The van der Waals surface area contributed by atoms with Crippen LogP contribution in [-0.2, 0) is 10.0 Å². The van der Waals surface area contributed by atoms with Crippen LogP contribution in [0.25, 0.3) is 0 Å². The Bertz CT molecular complexity index is 714. The third-order valence-electron chi connectivity index (χ3n) is 4.88. The van der Waals surface area contributed by atoms with Crippen LogP contribution in [-0.4, -0.2) is 68.0 Å². The van der Waals surface area contributed by atoms with E-state index in [4.69, 9.17) is 4.74 Å². The van der Waals surface area contributed by atoms with Crippen LogP contribution in [0.15, 0.2) is 29.2 Å². The minimum atomic E-state index is -3.63. The van der Waals surface area contributed by atoms with Gasteiger partial charge in [-0.2, -0.15) is 4.31 Å². The number of piperidine rings is 1. The second kappa shape index (κ2) is 7.21. The molecule has 3 rings (SSSR count). The van der Waals surface area contributed by atoms with Crippen molar-refractivity contribution < 1.29 is 17.9 Å². The van der Waals surface area contributed by atoms with Gasteiger partial charge in [-0.15, -0.1) is 0 Å². The molecular weight excluding hydrogens is 342 g/mol. The van der Waals surface area contributed by atoms with E-state index in [0.717, 1.165) is 32.4 Å². The van der Waals surface area contributed by atoms with Gasteiger partial charge in [-0.1, -0.05) is 0 Å². The number of amides is 2. The van der Waals surface area contributed by atoms with Gasteiger partial charge < -0.3 is 14.5 Å². The van der Waals surface area contributed by atoms with Gasteiger partial charge in [-0.05, 0) is 50.5 Å². The summed E-state index contributed by atoms with van der Waals surface area (Å²) in [7, 11) is -2.09. The summed E-state index contributed by atoms with van der Waals surface area (Å²) in [5.41, 5.74) is 0. The molecule has 8 heteroatoms. The Morgan fingerprint density at radius 1 is 1.12 bits per heavy atom. The van der Waals surface area contributed by atoms with Crippen molar-refractivity contribution in [2.24, 2.45) is 0 Å². The fourth-order valence-corrected chi connectivity index (χ4v) is 4.81. The number of ether oxygens (including phenoxy) is 1. The maximum Gasteiger partial charge on any atom is 0.321 e. The van der Waals surface area contributed by atoms with Crippen molar-refractivity contribution in [3.8, 4) is 5.75 Å². The Morgan fingerprint density at radius 2 is 1.76 bits per heavy atom. The third-order valence-corrected chi connectivity index (χ3v) is 6.69. The molecule has 7 nitrogen and oxygen atoms in total. The highest BCUT2D eigenvalue weighted by atomic mass is 32.2. The van der Waals surface area contributed by atoms with Gasteiger partial charge in [0, 0.05) is 25.7 Å². The van der Waals surface area contributed by atoms with Crippen molar-refractivity contribution in [2.45, 2.75) is 37.1 Å². The molecule has 138 valence electrons. The lowest BCUT2D eigenvalue weighted by atomic mass is 10.1. The molecule has 0 spiro atoms. The molecule has 0 saturated carbocycles. The van der Waals surface area contributed by atoms with Crippen molar-refractivity contribution in [1.82, 2.24) is 14.1 Å². The molecule has 0 bridgehead atoms. The maximum absolute atomic E-state index is 12.9. The first kappa shape index (κ1) is 18.0.